The maximum absolute atomic E-state index is 5.70. The molecule has 2 heterocycles. The van der Waals surface area contributed by atoms with Gasteiger partial charge in [0.2, 0.25) is 0 Å². The molecule has 0 aromatic heterocycles. The molecule has 0 radical (unpaired) electrons. The Hall–Kier alpha value is -1.63. The van der Waals surface area contributed by atoms with Crippen LogP contribution in [0.4, 0.5) is 0 Å². The van der Waals surface area contributed by atoms with Gasteiger partial charge >= 0.3 is 0 Å². The minimum Gasteiger partial charge on any atom is -0.381 e. The topological polar surface area (TPSA) is 58.1 Å². The van der Waals surface area contributed by atoms with Crippen LogP contribution in [0.25, 0.3) is 0 Å². The first-order chi connectivity index (χ1) is 14.3. The Morgan fingerprint density at radius 1 is 1.14 bits per heavy atom. The van der Waals surface area contributed by atoms with E-state index in [1.54, 1.807) is 0 Å². The van der Waals surface area contributed by atoms with E-state index in [9.17, 15) is 0 Å². The summed E-state index contributed by atoms with van der Waals surface area (Å²) in [5, 5.41) is 7.10. The molecule has 1 aromatic carbocycles. The Balaban J connectivity index is 1.39. The van der Waals surface area contributed by atoms with E-state index < -0.39 is 0 Å². The first-order valence-corrected chi connectivity index (χ1v) is 11.3. The van der Waals surface area contributed by atoms with Gasteiger partial charge in [-0.25, -0.2) is 0 Å². The van der Waals surface area contributed by atoms with E-state index >= 15 is 0 Å². The van der Waals surface area contributed by atoms with Crippen LogP contribution in [0, 0.1) is 5.92 Å². The molecular weight excluding hydrogens is 364 g/mol. The summed E-state index contributed by atoms with van der Waals surface area (Å²) in [6.45, 7) is 10.2. The normalized spacial score (nSPS) is 25.6. The molecule has 3 aliphatic rings. The first-order valence-electron chi connectivity index (χ1n) is 11.3. The molecule has 1 saturated carbocycles. The van der Waals surface area contributed by atoms with E-state index in [0.29, 0.717) is 12.0 Å². The van der Waals surface area contributed by atoms with Crippen molar-refractivity contribution in [2.24, 2.45) is 10.9 Å². The SMILES string of the molecule is CCNC(=NCC1(c2ccccc2)CC1)NCC(C1CCOC1)N1CCOCC1. The summed E-state index contributed by atoms with van der Waals surface area (Å²) in [4.78, 5) is 7.56. The van der Waals surface area contributed by atoms with Gasteiger partial charge in [-0.2, -0.15) is 0 Å². The van der Waals surface area contributed by atoms with Crippen molar-refractivity contribution in [3.05, 3.63) is 35.9 Å². The van der Waals surface area contributed by atoms with Gasteiger partial charge in [0.15, 0.2) is 5.96 Å². The number of ether oxygens (including phenoxy) is 2. The molecule has 2 N–H and O–H groups in total. The summed E-state index contributed by atoms with van der Waals surface area (Å²) >= 11 is 0. The lowest BCUT2D eigenvalue weighted by Gasteiger charge is -2.37. The van der Waals surface area contributed by atoms with Crippen LogP contribution < -0.4 is 10.6 Å². The first kappa shape index (κ1) is 20.6. The highest BCUT2D eigenvalue weighted by Gasteiger charge is 2.44. The van der Waals surface area contributed by atoms with Crippen molar-refractivity contribution in [1.82, 2.24) is 15.5 Å². The molecule has 6 nitrogen and oxygen atoms in total. The van der Waals surface area contributed by atoms with Gasteiger partial charge in [0.1, 0.15) is 0 Å². The lowest BCUT2D eigenvalue weighted by atomic mass is 9.96. The number of nitrogens with one attached hydrogen (secondary N) is 2. The Morgan fingerprint density at radius 2 is 1.93 bits per heavy atom. The summed E-state index contributed by atoms with van der Waals surface area (Å²) in [6.07, 6.45) is 3.61. The van der Waals surface area contributed by atoms with Crippen LogP contribution in [0.2, 0.25) is 0 Å². The second-order valence-corrected chi connectivity index (χ2v) is 8.56. The highest BCUT2D eigenvalue weighted by molar-refractivity contribution is 5.79. The van der Waals surface area contributed by atoms with Crippen LogP contribution in [-0.4, -0.2) is 76.1 Å². The van der Waals surface area contributed by atoms with Gasteiger partial charge in [-0.05, 0) is 31.7 Å². The van der Waals surface area contributed by atoms with Crippen LogP contribution in [-0.2, 0) is 14.9 Å². The summed E-state index contributed by atoms with van der Waals surface area (Å²) in [5.41, 5.74) is 1.67. The Kier molecular flexibility index (Phi) is 7.06. The third kappa shape index (κ3) is 5.30. The van der Waals surface area contributed by atoms with Gasteiger partial charge < -0.3 is 20.1 Å². The quantitative estimate of drug-likeness (QED) is 0.516. The van der Waals surface area contributed by atoms with Crippen LogP contribution in [0.5, 0.6) is 0 Å². The molecule has 1 aliphatic carbocycles. The zero-order chi connectivity index (χ0) is 19.9. The molecule has 2 atom stereocenters. The maximum Gasteiger partial charge on any atom is 0.191 e. The molecule has 3 fully saturated rings. The average molecular weight is 401 g/mol. The van der Waals surface area contributed by atoms with E-state index in [1.807, 2.05) is 0 Å². The van der Waals surface area contributed by atoms with Crippen molar-refractivity contribution >= 4 is 5.96 Å². The van der Waals surface area contributed by atoms with Crippen molar-refractivity contribution in [3.63, 3.8) is 0 Å². The predicted octanol–water partition coefficient (Wildman–Crippen LogP) is 2.01. The molecule has 0 bridgehead atoms. The Morgan fingerprint density at radius 3 is 2.59 bits per heavy atom. The summed E-state index contributed by atoms with van der Waals surface area (Å²) in [7, 11) is 0. The van der Waals surface area contributed by atoms with Crippen LogP contribution in [0.1, 0.15) is 31.7 Å². The number of aliphatic imine (C=N–C) groups is 1. The lowest BCUT2D eigenvalue weighted by molar-refractivity contribution is 0.00246. The van der Waals surface area contributed by atoms with Crippen molar-refractivity contribution < 1.29 is 9.47 Å². The second-order valence-electron chi connectivity index (χ2n) is 8.56. The summed E-state index contributed by atoms with van der Waals surface area (Å²) < 4.78 is 11.3. The predicted molar refractivity (Wildman–Crippen MR) is 116 cm³/mol. The number of rotatable bonds is 8. The van der Waals surface area contributed by atoms with Crippen molar-refractivity contribution in [1.29, 1.82) is 0 Å². The van der Waals surface area contributed by atoms with E-state index in [0.717, 1.165) is 71.5 Å². The molecule has 160 valence electrons. The van der Waals surface area contributed by atoms with Gasteiger partial charge in [0.25, 0.3) is 0 Å². The number of guanidine groups is 1. The van der Waals surface area contributed by atoms with Gasteiger partial charge in [-0.15, -0.1) is 0 Å². The smallest absolute Gasteiger partial charge is 0.191 e. The molecule has 4 rings (SSSR count). The standard InChI is InChI=1S/C23H36N4O2/c1-2-24-22(26-18-23(9-10-23)20-6-4-3-5-7-20)25-16-21(19-8-13-29-17-19)27-11-14-28-15-12-27/h3-7,19,21H,2,8-18H2,1H3,(H2,24,25,26). The Bertz CT molecular complexity index is 650. The van der Waals surface area contributed by atoms with Gasteiger partial charge in [-0.3, -0.25) is 9.89 Å². The number of hydrogen-bond acceptors (Lipinski definition) is 4. The van der Waals surface area contributed by atoms with Gasteiger partial charge in [0, 0.05) is 50.2 Å². The Labute approximate surface area is 175 Å². The fraction of sp³-hybridized carbons (Fsp3) is 0.696. The third-order valence-corrected chi connectivity index (χ3v) is 6.63. The molecule has 1 aromatic rings. The maximum atomic E-state index is 5.70. The number of hydrogen-bond donors (Lipinski definition) is 2. The minimum absolute atomic E-state index is 0.243. The summed E-state index contributed by atoms with van der Waals surface area (Å²) in [5.74, 6) is 1.52. The molecule has 0 spiro atoms. The largest absolute Gasteiger partial charge is 0.381 e. The summed E-state index contributed by atoms with van der Waals surface area (Å²) in [6, 6.07) is 11.3. The van der Waals surface area contributed by atoms with E-state index in [1.165, 1.54) is 18.4 Å². The zero-order valence-electron chi connectivity index (χ0n) is 17.7. The van der Waals surface area contributed by atoms with E-state index in [2.05, 4.69) is 52.8 Å². The van der Waals surface area contributed by atoms with Crippen LogP contribution in [0.3, 0.4) is 0 Å². The van der Waals surface area contributed by atoms with Crippen molar-refractivity contribution in [2.75, 3.05) is 59.2 Å². The third-order valence-electron chi connectivity index (χ3n) is 6.63. The highest BCUT2D eigenvalue weighted by Crippen LogP contribution is 2.48. The zero-order valence-corrected chi connectivity index (χ0v) is 17.7. The molecule has 2 aliphatic heterocycles. The highest BCUT2D eigenvalue weighted by atomic mass is 16.5. The number of benzene rings is 1. The van der Waals surface area contributed by atoms with Crippen molar-refractivity contribution in [2.45, 2.75) is 37.6 Å². The van der Waals surface area contributed by atoms with E-state index in [4.69, 9.17) is 14.5 Å². The fourth-order valence-electron chi connectivity index (χ4n) is 4.61. The number of nitrogens with zero attached hydrogens (tertiary/aromatic N) is 2. The molecule has 6 heteroatoms. The molecule has 0 amide bonds. The van der Waals surface area contributed by atoms with Crippen LogP contribution in [0.15, 0.2) is 35.3 Å². The average Bonchev–Trinajstić information content (AvgIpc) is 3.38. The van der Waals surface area contributed by atoms with Gasteiger partial charge in [-0.1, -0.05) is 30.3 Å². The van der Waals surface area contributed by atoms with Crippen LogP contribution >= 0.6 is 0 Å². The van der Waals surface area contributed by atoms with E-state index in [-0.39, 0.29) is 5.41 Å². The molecular formula is C23H36N4O2. The molecule has 29 heavy (non-hydrogen) atoms. The number of morpholine rings is 1. The van der Waals surface area contributed by atoms with Crippen molar-refractivity contribution in [3.8, 4) is 0 Å². The molecule has 2 unspecified atom stereocenters. The fourth-order valence-corrected chi connectivity index (χ4v) is 4.61. The minimum atomic E-state index is 0.243. The second kappa shape index (κ2) is 9.92. The molecule has 2 saturated heterocycles. The monoisotopic (exact) mass is 400 g/mol. The lowest BCUT2D eigenvalue weighted by Crippen LogP contribution is -2.53. The van der Waals surface area contributed by atoms with Gasteiger partial charge in [0.05, 0.1) is 26.4 Å².